The molecule has 0 bridgehead atoms. The molecule has 2 aliphatic rings. The van der Waals surface area contributed by atoms with E-state index in [0.717, 1.165) is 11.3 Å². The molecule has 1 unspecified atom stereocenters. The molecule has 0 aliphatic carbocycles. The van der Waals surface area contributed by atoms with E-state index in [-0.39, 0.29) is 24.9 Å². The number of piperazine rings is 1. The van der Waals surface area contributed by atoms with Crippen molar-refractivity contribution in [3.63, 3.8) is 0 Å². The average Bonchev–Trinajstić information content (AvgIpc) is 2.84. The number of rotatable bonds is 4. The maximum atomic E-state index is 12.9. The number of carbonyl (C=O) groups excluding carboxylic acids is 2. The molecule has 2 aromatic carbocycles. The number of carbonyl (C=O) groups is 2. The molecule has 4 rings (SSSR count). The van der Waals surface area contributed by atoms with Crippen molar-refractivity contribution in [2.24, 2.45) is 0 Å². The molecule has 1 atom stereocenters. The highest BCUT2D eigenvalue weighted by atomic mass is 32.1. The lowest BCUT2D eigenvalue weighted by Crippen LogP contribution is -2.55. The first kappa shape index (κ1) is 21.9. The summed E-state index contributed by atoms with van der Waals surface area (Å²) in [5, 5.41) is 3.82. The van der Waals surface area contributed by atoms with E-state index < -0.39 is 6.10 Å². The smallest absolute Gasteiger partial charge is 0.309 e. The first-order chi connectivity index (χ1) is 15.5. The zero-order valence-electron chi connectivity index (χ0n) is 17.8. The van der Waals surface area contributed by atoms with E-state index in [0.29, 0.717) is 42.8 Å². The Kier molecular flexibility index (Phi) is 6.75. The van der Waals surface area contributed by atoms with Gasteiger partial charge in [0.1, 0.15) is 6.61 Å². The Bertz CT molecular complexity index is 989. The van der Waals surface area contributed by atoms with Crippen LogP contribution in [0.1, 0.15) is 5.56 Å². The second-order valence-electron chi connectivity index (χ2n) is 7.56. The summed E-state index contributed by atoms with van der Waals surface area (Å²) in [4.78, 5) is 28.1. The first-order valence-electron chi connectivity index (χ1n) is 10.4. The summed E-state index contributed by atoms with van der Waals surface area (Å²) in [5.74, 6) is 0.914. The van der Waals surface area contributed by atoms with Gasteiger partial charge in [-0.3, -0.25) is 9.59 Å². The predicted octanol–water partition coefficient (Wildman–Crippen LogP) is 2.08. The molecular weight excluding hydrogens is 430 g/mol. The zero-order chi connectivity index (χ0) is 22.5. The van der Waals surface area contributed by atoms with Crippen LogP contribution in [0.3, 0.4) is 0 Å². The van der Waals surface area contributed by atoms with Gasteiger partial charge in [-0.2, -0.15) is 0 Å². The van der Waals surface area contributed by atoms with Gasteiger partial charge in [-0.25, -0.2) is 0 Å². The van der Waals surface area contributed by atoms with Crippen LogP contribution in [0.5, 0.6) is 11.5 Å². The summed E-state index contributed by atoms with van der Waals surface area (Å²) in [6.45, 7) is 2.58. The Morgan fingerprint density at radius 1 is 1.03 bits per heavy atom. The number of benzene rings is 2. The van der Waals surface area contributed by atoms with Gasteiger partial charge >= 0.3 is 5.97 Å². The average molecular weight is 456 g/mol. The lowest BCUT2D eigenvalue weighted by atomic mass is 10.1. The fourth-order valence-electron chi connectivity index (χ4n) is 3.62. The highest BCUT2D eigenvalue weighted by molar-refractivity contribution is 7.80. The van der Waals surface area contributed by atoms with Crippen molar-refractivity contribution < 1.29 is 23.8 Å². The Morgan fingerprint density at radius 3 is 2.38 bits per heavy atom. The summed E-state index contributed by atoms with van der Waals surface area (Å²) in [6.07, 6.45) is -0.400. The molecule has 1 N–H and O–H groups in total. The Labute approximate surface area is 192 Å². The highest BCUT2D eigenvalue weighted by Crippen LogP contribution is 2.31. The van der Waals surface area contributed by atoms with E-state index >= 15 is 0 Å². The Morgan fingerprint density at radius 2 is 1.69 bits per heavy atom. The molecule has 1 fully saturated rings. The second kappa shape index (κ2) is 9.86. The SMILES string of the molecule is COC(=O)Cc1ccc(NC(=S)N2CCN(C(=O)C3COc4ccccc4O3)CC2)cc1. The molecule has 2 aromatic rings. The van der Waals surface area contributed by atoms with Gasteiger partial charge in [0.25, 0.3) is 5.91 Å². The van der Waals surface area contributed by atoms with Gasteiger partial charge in [0.15, 0.2) is 16.6 Å². The van der Waals surface area contributed by atoms with Crippen molar-refractivity contribution in [3.05, 3.63) is 54.1 Å². The van der Waals surface area contributed by atoms with E-state index in [4.69, 9.17) is 21.7 Å². The molecule has 2 heterocycles. The number of hydrogen-bond acceptors (Lipinski definition) is 6. The monoisotopic (exact) mass is 455 g/mol. The van der Waals surface area contributed by atoms with Crippen LogP contribution in [0, 0.1) is 0 Å². The second-order valence-corrected chi connectivity index (χ2v) is 7.94. The van der Waals surface area contributed by atoms with Gasteiger partial charge in [0, 0.05) is 31.9 Å². The molecule has 1 amide bonds. The molecule has 1 saturated heterocycles. The highest BCUT2D eigenvalue weighted by Gasteiger charge is 2.33. The third-order valence-corrected chi connectivity index (χ3v) is 5.80. The normalized spacial score (nSPS) is 17.5. The predicted molar refractivity (Wildman–Crippen MR) is 123 cm³/mol. The van der Waals surface area contributed by atoms with Gasteiger partial charge in [-0.1, -0.05) is 24.3 Å². The van der Waals surface area contributed by atoms with E-state index in [1.807, 2.05) is 47.4 Å². The van der Waals surface area contributed by atoms with Crippen LogP contribution in [-0.2, 0) is 20.7 Å². The van der Waals surface area contributed by atoms with Crippen molar-refractivity contribution in [2.75, 3.05) is 45.2 Å². The number of para-hydroxylation sites is 2. The molecule has 8 nitrogen and oxygen atoms in total. The Balaban J connectivity index is 1.26. The standard InChI is InChI=1S/C23H25N3O5S/c1-29-21(27)14-16-6-8-17(9-7-16)24-23(32)26-12-10-25(11-13-26)22(28)20-15-30-18-4-2-3-5-19(18)31-20/h2-9,20H,10-15H2,1H3,(H,24,32). The number of esters is 1. The number of methoxy groups -OCH3 is 1. The van der Waals surface area contributed by atoms with Crippen LogP contribution in [-0.4, -0.2) is 72.8 Å². The maximum absolute atomic E-state index is 12.9. The number of hydrogen-bond donors (Lipinski definition) is 1. The van der Waals surface area contributed by atoms with E-state index in [9.17, 15) is 9.59 Å². The summed E-state index contributed by atoms with van der Waals surface area (Å²) < 4.78 is 16.2. The van der Waals surface area contributed by atoms with Crippen molar-refractivity contribution in [1.82, 2.24) is 9.80 Å². The molecule has 0 saturated carbocycles. The van der Waals surface area contributed by atoms with Crippen LogP contribution >= 0.6 is 12.2 Å². The summed E-state index contributed by atoms with van der Waals surface area (Å²) in [5.41, 5.74) is 1.71. The minimum atomic E-state index is -0.634. The Hall–Kier alpha value is -3.33. The van der Waals surface area contributed by atoms with Gasteiger partial charge in [-0.05, 0) is 42.0 Å². The summed E-state index contributed by atoms with van der Waals surface area (Å²) in [7, 11) is 1.37. The van der Waals surface area contributed by atoms with Crippen molar-refractivity contribution in [2.45, 2.75) is 12.5 Å². The number of nitrogens with zero attached hydrogens (tertiary/aromatic N) is 2. The van der Waals surface area contributed by atoms with Crippen molar-refractivity contribution in [3.8, 4) is 11.5 Å². The number of fused-ring (bicyclic) bond motifs is 1. The molecule has 168 valence electrons. The molecule has 32 heavy (non-hydrogen) atoms. The topological polar surface area (TPSA) is 80.3 Å². The minimum absolute atomic E-state index is 0.0702. The van der Waals surface area contributed by atoms with Crippen molar-refractivity contribution in [1.29, 1.82) is 0 Å². The minimum Gasteiger partial charge on any atom is -0.485 e. The molecule has 0 spiro atoms. The van der Waals surface area contributed by atoms with Gasteiger partial charge in [0.05, 0.1) is 13.5 Å². The number of anilines is 1. The molecular formula is C23H25N3O5S. The molecule has 0 aromatic heterocycles. The molecule has 0 radical (unpaired) electrons. The fourth-order valence-corrected chi connectivity index (χ4v) is 3.92. The van der Waals surface area contributed by atoms with Crippen LogP contribution in [0.15, 0.2) is 48.5 Å². The van der Waals surface area contributed by atoms with Crippen LogP contribution in [0.2, 0.25) is 0 Å². The van der Waals surface area contributed by atoms with Crippen LogP contribution < -0.4 is 14.8 Å². The largest absolute Gasteiger partial charge is 0.485 e. The number of ether oxygens (including phenoxy) is 3. The van der Waals surface area contributed by atoms with Crippen LogP contribution in [0.25, 0.3) is 0 Å². The third-order valence-electron chi connectivity index (χ3n) is 5.44. The van der Waals surface area contributed by atoms with Crippen molar-refractivity contribution >= 4 is 34.9 Å². The third kappa shape index (κ3) is 5.11. The zero-order valence-corrected chi connectivity index (χ0v) is 18.6. The van der Waals surface area contributed by atoms with Crippen LogP contribution in [0.4, 0.5) is 5.69 Å². The fraction of sp³-hybridized carbons (Fsp3) is 0.348. The summed E-state index contributed by atoms with van der Waals surface area (Å²) in [6, 6.07) is 14.8. The number of nitrogens with one attached hydrogen (secondary N) is 1. The first-order valence-corrected chi connectivity index (χ1v) is 10.8. The van der Waals surface area contributed by atoms with Gasteiger partial charge in [0.2, 0.25) is 6.10 Å². The van der Waals surface area contributed by atoms with Gasteiger partial charge < -0.3 is 29.3 Å². The molecule has 9 heteroatoms. The quantitative estimate of drug-likeness (QED) is 0.555. The van der Waals surface area contributed by atoms with E-state index in [1.165, 1.54) is 7.11 Å². The lowest BCUT2D eigenvalue weighted by molar-refractivity contribution is -0.142. The van der Waals surface area contributed by atoms with E-state index in [1.54, 1.807) is 11.0 Å². The number of amides is 1. The van der Waals surface area contributed by atoms with E-state index in [2.05, 4.69) is 10.1 Å². The molecule has 2 aliphatic heterocycles. The lowest BCUT2D eigenvalue weighted by Gasteiger charge is -2.38. The maximum Gasteiger partial charge on any atom is 0.309 e. The number of thiocarbonyl (C=S) groups is 1. The summed E-state index contributed by atoms with van der Waals surface area (Å²) >= 11 is 5.54. The van der Waals surface area contributed by atoms with Gasteiger partial charge in [-0.15, -0.1) is 0 Å².